The average Bonchev–Trinajstić information content (AvgIpc) is 2.28. The molecule has 0 aliphatic carbocycles. The molecule has 0 spiro atoms. The number of halogens is 1. The normalized spacial score (nSPS) is 24.8. The van der Waals surface area contributed by atoms with Crippen LogP contribution in [0.1, 0.15) is 38.8 Å². The van der Waals surface area contributed by atoms with E-state index in [0.29, 0.717) is 17.5 Å². The molecule has 18 heavy (non-hydrogen) atoms. The number of nitrogens with one attached hydrogen (secondary N) is 1. The van der Waals surface area contributed by atoms with Crippen LogP contribution in [-0.4, -0.2) is 17.5 Å². The van der Waals surface area contributed by atoms with Crippen molar-refractivity contribution in [3.63, 3.8) is 0 Å². The molecule has 0 saturated carbocycles. The Morgan fingerprint density at radius 3 is 2.61 bits per heavy atom. The van der Waals surface area contributed by atoms with Crippen molar-refractivity contribution in [1.29, 1.82) is 0 Å². The first-order valence-electron chi connectivity index (χ1n) is 6.55. The summed E-state index contributed by atoms with van der Waals surface area (Å²) in [6.07, 6.45) is 1.28. The zero-order valence-corrected chi connectivity index (χ0v) is 13.8. The quantitative estimate of drug-likeness (QED) is 0.868. The number of benzene rings is 1. The van der Waals surface area contributed by atoms with E-state index in [1.54, 1.807) is 0 Å². The molecule has 3 heteroatoms. The average molecular weight is 328 g/mol. The number of thioether (sulfide) groups is 1. The minimum atomic E-state index is 0.428. The van der Waals surface area contributed by atoms with E-state index in [1.807, 2.05) is 0 Å². The van der Waals surface area contributed by atoms with Gasteiger partial charge in [-0.3, -0.25) is 0 Å². The highest BCUT2D eigenvalue weighted by Gasteiger charge is 2.29. The summed E-state index contributed by atoms with van der Waals surface area (Å²) in [6.45, 7) is 7.01. The van der Waals surface area contributed by atoms with Gasteiger partial charge in [0.1, 0.15) is 0 Å². The smallest absolute Gasteiger partial charge is 0.0294 e. The first kappa shape index (κ1) is 14.4. The van der Waals surface area contributed by atoms with Crippen LogP contribution in [0.2, 0.25) is 0 Å². The summed E-state index contributed by atoms with van der Waals surface area (Å²) in [4.78, 5) is 0. The van der Waals surface area contributed by atoms with E-state index < -0.39 is 0 Å². The van der Waals surface area contributed by atoms with Crippen LogP contribution in [0.3, 0.4) is 0 Å². The van der Waals surface area contributed by atoms with Crippen molar-refractivity contribution >= 4 is 27.7 Å². The summed E-state index contributed by atoms with van der Waals surface area (Å²) < 4.78 is 1.15. The predicted octanol–water partition coefficient (Wildman–Crippen LogP) is 4.63. The van der Waals surface area contributed by atoms with Gasteiger partial charge in [0.05, 0.1) is 0 Å². The van der Waals surface area contributed by atoms with Crippen molar-refractivity contribution in [2.75, 3.05) is 11.5 Å². The van der Waals surface area contributed by atoms with Gasteiger partial charge in [-0.2, -0.15) is 11.8 Å². The molecular weight excluding hydrogens is 306 g/mol. The number of rotatable bonds is 3. The van der Waals surface area contributed by atoms with Crippen molar-refractivity contribution in [2.45, 2.75) is 39.3 Å². The summed E-state index contributed by atoms with van der Waals surface area (Å²) in [6, 6.07) is 9.70. The van der Waals surface area contributed by atoms with E-state index >= 15 is 0 Å². The lowest BCUT2D eigenvalue weighted by Gasteiger charge is -2.36. The molecule has 100 valence electrons. The van der Waals surface area contributed by atoms with Crippen molar-refractivity contribution in [2.24, 2.45) is 5.41 Å². The Hall–Kier alpha value is 0.01000. The van der Waals surface area contributed by atoms with Gasteiger partial charge in [-0.05, 0) is 42.2 Å². The maximum atomic E-state index is 3.77. The third kappa shape index (κ3) is 4.01. The van der Waals surface area contributed by atoms with Crippen LogP contribution in [0.15, 0.2) is 28.7 Å². The van der Waals surface area contributed by atoms with Crippen LogP contribution in [0.25, 0.3) is 0 Å². The molecule has 2 rings (SSSR count). The molecule has 1 unspecified atom stereocenters. The van der Waals surface area contributed by atoms with Crippen molar-refractivity contribution in [3.8, 4) is 0 Å². The van der Waals surface area contributed by atoms with Gasteiger partial charge in [-0.25, -0.2) is 0 Å². The first-order chi connectivity index (χ1) is 8.46. The van der Waals surface area contributed by atoms with Crippen LogP contribution in [0, 0.1) is 5.41 Å². The Labute approximate surface area is 123 Å². The maximum absolute atomic E-state index is 3.77. The fourth-order valence-electron chi connectivity index (χ4n) is 2.57. The first-order valence-corrected chi connectivity index (χ1v) is 8.50. The van der Waals surface area contributed by atoms with Gasteiger partial charge in [-0.1, -0.05) is 41.9 Å². The fraction of sp³-hybridized carbons (Fsp3) is 0.600. The molecule has 1 aliphatic heterocycles. The van der Waals surface area contributed by atoms with Crippen molar-refractivity contribution in [1.82, 2.24) is 5.32 Å². The third-order valence-corrected chi connectivity index (χ3v) is 5.62. The second-order valence-corrected chi connectivity index (χ2v) is 7.97. The summed E-state index contributed by atoms with van der Waals surface area (Å²) in [5, 5.41) is 3.77. The lowest BCUT2D eigenvalue weighted by molar-refractivity contribution is 0.305. The van der Waals surface area contributed by atoms with Gasteiger partial charge in [0.25, 0.3) is 0 Å². The van der Waals surface area contributed by atoms with Gasteiger partial charge >= 0.3 is 0 Å². The number of hydrogen-bond donors (Lipinski definition) is 1. The van der Waals surface area contributed by atoms with Crippen LogP contribution in [0.5, 0.6) is 0 Å². The maximum Gasteiger partial charge on any atom is 0.0294 e. The van der Waals surface area contributed by atoms with Crippen LogP contribution in [-0.2, 0) is 0 Å². The van der Waals surface area contributed by atoms with Crippen LogP contribution in [0.4, 0.5) is 0 Å². The van der Waals surface area contributed by atoms with Gasteiger partial charge < -0.3 is 5.32 Å². The second kappa shape index (κ2) is 5.98. The monoisotopic (exact) mass is 327 g/mol. The van der Waals surface area contributed by atoms with Crippen LogP contribution >= 0.6 is 27.7 Å². The summed E-state index contributed by atoms with van der Waals surface area (Å²) >= 11 is 5.56. The molecule has 1 aromatic rings. The minimum absolute atomic E-state index is 0.428. The van der Waals surface area contributed by atoms with E-state index in [1.165, 1.54) is 23.5 Å². The van der Waals surface area contributed by atoms with E-state index in [-0.39, 0.29) is 0 Å². The van der Waals surface area contributed by atoms with Crippen molar-refractivity contribution in [3.05, 3.63) is 34.3 Å². The third-order valence-electron chi connectivity index (χ3n) is 3.47. The molecule has 2 atom stereocenters. The zero-order chi connectivity index (χ0) is 13.2. The SMILES string of the molecule is C[C@H](NC1CSCC(C)(C)C1)c1ccc(Br)cc1. The molecule has 1 aliphatic rings. The van der Waals surface area contributed by atoms with Gasteiger partial charge in [0.2, 0.25) is 0 Å². The lowest BCUT2D eigenvalue weighted by atomic mass is 9.87. The van der Waals surface area contributed by atoms with E-state index in [9.17, 15) is 0 Å². The number of hydrogen-bond acceptors (Lipinski definition) is 2. The molecule has 1 aromatic carbocycles. The van der Waals surface area contributed by atoms with Gasteiger partial charge in [0, 0.05) is 22.3 Å². The van der Waals surface area contributed by atoms with Crippen LogP contribution < -0.4 is 5.32 Å². The predicted molar refractivity (Wildman–Crippen MR) is 85.2 cm³/mol. The zero-order valence-electron chi connectivity index (χ0n) is 11.4. The Morgan fingerprint density at radius 2 is 2.00 bits per heavy atom. The Morgan fingerprint density at radius 1 is 1.33 bits per heavy atom. The highest BCUT2D eigenvalue weighted by Crippen LogP contribution is 2.34. The molecule has 1 saturated heterocycles. The fourth-order valence-corrected chi connectivity index (χ4v) is 4.12. The van der Waals surface area contributed by atoms with E-state index in [4.69, 9.17) is 0 Å². The van der Waals surface area contributed by atoms with E-state index in [2.05, 4.69) is 78.0 Å². The summed E-state index contributed by atoms with van der Waals surface area (Å²) in [5.74, 6) is 2.53. The molecule has 1 fully saturated rings. The molecule has 0 bridgehead atoms. The molecule has 0 amide bonds. The topological polar surface area (TPSA) is 12.0 Å². The Balaban J connectivity index is 1.94. The highest BCUT2D eigenvalue weighted by atomic mass is 79.9. The molecule has 0 aromatic heterocycles. The van der Waals surface area contributed by atoms with E-state index in [0.717, 1.165) is 4.47 Å². The largest absolute Gasteiger partial charge is 0.307 e. The summed E-state index contributed by atoms with van der Waals surface area (Å²) in [7, 11) is 0. The second-order valence-electron chi connectivity index (χ2n) is 6.02. The minimum Gasteiger partial charge on any atom is -0.307 e. The Bertz CT molecular complexity index is 388. The van der Waals surface area contributed by atoms with Gasteiger partial charge in [0.15, 0.2) is 0 Å². The van der Waals surface area contributed by atoms with Crippen molar-refractivity contribution < 1.29 is 0 Å². The Kier molecular flexibility index (Phi) is 4.79. The molecule has 1 nitrogen and oxygen atoms in total. The molecule has 0 radical (unpaired) electrons. The summed E-state index contributed by atoms with van der Waals surface area (Å²) in [5.41, 5.74) is 1.84. The standard InChI is InChI=1S/C15H22BrNS/c1-11(12-4-6-13(16)7-5-12)17-14-8-15(2,3)10-18-9-14/h4-7,11,14,17H,8-10H2,1-3H3/t11-,14?/m0/s1. The highest BCUT2D eigenvalue weighted by molar-refractivity contribution is 9.10. The molecular formula is C15H22BrNS. The molecule has 1 N–H and O–H groups in total. The van der Waals surface area contributed by atoms with Gasteiger partial charge in [-0.15, -0.1) is 0 Å². The lowest BCUT2D eigenvalue weighted by Crippen LogP contribution is -2.41. The molecule has 1 heterocycles.